The summed E-state index contributed by atoms with van der Waals surface area (Å²) in [7, 11) is 0. The number of ether oxygens (including phenoxy) is 3. The summed E-state index contributed by atoms with van der Waals surface area (Å²) in [6.07, 6.45) is 0.00383. The number of benzene rings is 1. The molecule has 2 heterocycles. The molecule has 0 aliphatic carbocycles. The van der Waals surface area contributed by atoms with Gasteiger partial charge in [0.1, 0.15) is 13.2 Å². The molecule has 1 saturated heterocycles. The van der Waals surface area contributed by atoms with Crippen LogP contribution in [0.2, 0.25) is 5.02 Å². The van der Waals surface area contributed by atoms with E-state index in [1.165, 1.54) is 0 Å². The van der Waals surface area contributed by atoms with Crippen molar-refractivity contribution in [1.29, 1.82) is 0 Å². The standard InChI is InChI=1S/C18H25ClN2O4/c1-12(2)10-21-3-4-23-14(11-21)9-20-18(22)13-7-15(19)17-16(8-13)24-5-6-25-17/h7-8,12,14H,3-6,9-11H2,1-2H3,(H,20,22). The maximum atomic E-state index is 12.4. The maximum absolute atomic E-state index is 12.4. The topological polar surface area (TPSA) is 60.0 Å². The van der Waals surface area contributed by atoms with Crippen molar-refractivity contribution in [1.82, 2.24) is 10.2 Å². The minimum absolute atomic E-state index is 0.00383. The Morgan fingerprint density at radius 2 is 2.12 bits per heavy atom. The third-order valence-corrected chi connectivity index (χ3v) is 4.48. The Morgan fingerprint density at radius 1 is 1.32 bits per heavy atom. The number of rotatable bonds is 5. The number of nitrogens with zero attached hydrogens (tertiary/aromatic N) is 1. The highest BCUT2D eigenvalue weighted by Crippen LogP contribution is 2.38. The first kappa shape index (κ1) is 18.3. The van der Waals surface area contributed by atoms with E-state index in [1.807, 2.05) is 0 Å². The van der Waals surface area contributed by atoms with Gasteiger partial charge in [-0.1, -0.05) is 25.4 Å². The summed E-state index contributed by atoms with van der Waals surface area (Å²) >= 11 is 6.19. The molecule has 1 N–H and O–H groups in total. The van der Waals surface area contributed by atoms with Crippen LogP contribution in [0, 0.1) is 5.92 Å². The predicted molar refractivity (Wildman–Crippen MR) is 95.8 cm³/mol. The number of amides is 1. The summed E-state index contributed by atoms with van der Waals surface area (Å²) in [5, 5.41) is 3.32. The second kappa shape index (κ2) is 8.25. The average Bonchev–Trinajstić information content (AvgIpc) is 2.59. The van der Waals surface area contributed by atoms with Gasteiger partial charge in [0.15, 0.2) is 11.5 Å². The number of nitrogens with one attached hydrogen (secondary N) is 1. The monoisotopic (exact) mass is 368 g/mol. The molecule has 6 nitrogen and oxygen atoms in total. The third kappa shape index (κ3) is 4.77. The van der Waals surface area contributed by atoms with Crippen molar-refractivity contribution >= 4 is 17.5 Å². The lowest BCUT2D eigenvalue weighted by atomic mass is 10.1. The fraction of sp³-hybridized carbons (Fsp3) is 0.611. The third-order valence-electron chi connectivity index (χ3n) is 4.20. The molecule has 2 aliphatic rings. The van der Waals surface area contributed by atoms with Gasteiger partial charge in [0.25, 0.3) is 5.91 Å². The molecule has 3 rings (SSSR count). The highest BCUT2D eigenvalue weighted by atomic mass is 35.5. The summed E-state index contributed by atoms with van der Waals surface area (Å²) in [6, 6.07) is 3.28. The van der Waals surface area contributed by atoms with Crippen molar-refractivity contribution in [2.75, 3.05) is 46.0 Å². The van der Waals surface area contributed by atoms with Crippen LogP contribution in [0.25, 0.3) is 0 Å². The van der Waals surface area contributed by atoms with E-state index in [9.17, 15) is 4.79 Å². The predicted octanol–water partition coefficient (Wildman–Crippen LogP) is 2.20. The second-order valence-corrected chi connectivity index (χ2v) is 7.25. The quantitative estimate of drug-likeness (QED) is 0.863. The number of hydrogen-bond acceptors (Lipinski definition) is 5. The fourth-order valence-electron chi connectivity index (χ4n) is 3.14. The van der Waals surface area contributed by atoms with E-state index in [1.54, 1.807) is 12.1 Å². The smallest absolute Gasteiger partial charge is 0.251 e. The minimum atomic E-state index is -0.191. The number of hydrogen-bond donors (Lipinski definition) is 1. The molecule has 0 spiro atoms. The second-order valence-electron chi connectivity index (χ2n) is 6.84. The van der Waals surface area contributed by atoms with Gasteiger partial charge in [0, 0.05) is 31.7 Å². The van der Waals surface area contributed by atoms with Crippen molar-refractivity contribution in [2.24, 2.45) is 5.92 Å². The van der Waals surface area contributed by atoms with Crippen molar-refractivity contribution in [3.05, 3.63) is 22.7 Å². The van der Waals surface area contributed by atoms with Crippen LogP contribution in [-0.4, -0.2) is 62.9 Å². The molecule has 0 bridgehead atoms. The van der Waals surface area contributed by atoms with Gasteiger partial charge in [-0.15, -0.1) is 0 Å². The molecule has 1 aromatic rings. The molecule has 1 unspecified atom stereocenters. The summed E-state index contributed by atoms with van der Waals surface area (Å²) < 4.78 is 16.8. The molecule has 0 radical (unpaired) electrons. The van der Waals surface area contributed by atoms with Crippen molar-refractivity contribution in [3.63, 3.8) is 0 Å². The number of halogens is 1. The largest absolute Gasteiger partial charge is 0.486 e. The minimum Gasteiger partial charge on any atom is -0.486 e. The van der Waals surface area contributed by atoms with Gasteiger partial charge in [0.2, 0.25) is 0 Å². The first-order valence-corrected chi connectivity index (χ1v) is 9.12. The normalized spacial score (nSPS) is 20.6. The highest BCUT2D eigenvalue weighted by Gasteiger charge is 2.23. The number of morpholine rings is 1. The summed E-state index contributed by atoms with van der Waals surface area (Å²) in [5.74, 6) is 1.45. The Morgan fingerprint density at radius 3 is 2.92 bits per heavy atom. The number of carbonyl (C=O) groups excluding carboxylic acids is 1. The fourth-order valence-corrected chi connectivity index (χ4v) is 3.40. The van der Waals surface area contributed by atoms with Crippen LogP contribution in [0.3, 0.4) is 0 Å². The zero-order valence-electron chi connectivity index (χ0n) is 14.7. The van der Waals surface area contributed by atoms with Crippen LogP contribution >= 0.6 is 11.6 Å². The Balaban J connectivity index is 1.56. The molecule has 0 saturated carbocycles. The lowest BCUT2D eigenvalue weighted by Crippen LogP contribution is -2.48. The van der Waals surface area contributed by atoms with Gasteiger partial charge in [-0.2, -0.15) is 0 Å². The lowest BCUT2D eigenvalue weighted by Gasteiger charge is -2.34. The van der Waals surface area contributed by atoms with Gasteiger partial charge < -0.3 is 19.5 Å². The maximum Gasteiger partial charge on any atom is 0.251 e. The Hall–Kier alpha value is -1.50. The zero-order chi connectivity index (χ0) is 17.8. The van der Waals surface area contributed by atoms with Gasteiger partial charge >= 0.3 is 0 Å². The van der Waals surface area contributed by atoms with Gasteiger partial charge in [-0.25, -0.2) is 0 Å². The first-order chi connectivity index (χ1) is 12.0. The first-order valence-electron chi connectivity index (χ1n) is 8.74. The lowest BCUT2D eigenvalue weighted by molar-refractivity contribution is -0.0295. The molecule has 1 atom stereocenters. The van der Waals surface area contributed by atoms with E-state index < -0.39 is 0 Å². The van der Waals surface area contributed by atoms with E-state index >= 15 is 0 Å². The molecule has 25 heavy (non-hydrogen) atoms. The van der Waals surface area contributed by atoms with E-state index in [4.69, 9.17) is 25.8 Å². The molecular weight excluding hydrogens is 344 g/mol. The van der Waals surface area contributed by atoms with Crippen LogP contribution in [0.1, 0.15) is 24.2 Å². The van der Waals surface area contributed by atoms with Crippen molar-refractivity contribution in [2.45, 2.75) is 20.0 Å². The molecule has 2 aliphatic heterocycles. The molecule has 1 aromatic carbocycles. The molecule has 0 aromatic heterocycles. The van der Waals surface area contributed by atoms with Gasteiger partial charge in [-0.3, -0.25) is 9.69 Å². The number of fused-ring (bicyclic) bond motifs is 1. The average molecular weight is 369 g/mol. The van der Waals surface area contributed by atoms with E-state index in [0.717, 1.165) is 19.6 Å². The Labute approximate surface area is 153 Å². The molecule has 138 valence electrons. The van der Waals surface area contributed by atoms with Crippen LogP contribution in [0.4, 0.5) is 0 Å². The SMILES string of the molecule is CC(C)CN1CCOC(CNC(=O)c2cc(Cl)c3c(c2)OCCO3)C1. The zero-order valence-corrected chi connectivity index (χ0v) is 15.5. The van der Waals surface area contributed by atoms with Crippen molar-refractivity contribution in [3.8, 4) is 11.5 Å². The van der Waals surface area contributed by atoms with Gasteiger partial charge in [-0.05, 0) is 18.1 Å². The Kier molecular flexibility index (Phi) is 6.04. The van der Waals surface area contributed by atoms with Crippen LogP contribution in [0.5, 0.6) is 11.5 Å². The summed E-state index contributed by atoms with van der Waals surface area (Å²) in [5.41, 5.74) is 0.462. The molecule has 1 amide bonds. The highest BCUT2D eigenvalue weighted by molar-refractivity contribution is 6.32. The molecular formula is C18H25ClN2O4. The Bertz CT molecular complexity index is 623. The van der Waals surface area contributed by atoms with Crippen LogP contribution in [-0.2, 0) is 4.74 Å². The van der Waals surface area contributed by atoms with E-state index in [-0.39, 0.29) is 12.0 Å². The number of carbonyl (C=O) groups is 1. The van der Waals surface area contributed by atoms with Gasteiger partial charge in [0.05, 0.1) is 17.7 Å². The molecule has 1 fully saturated rings. The van der Waals surface area contributed by atoms with Crippen LogP contribution < -0.4 is 14.8 Å². The van der Waals surface area contributed by atoms with Crippen LogP contribution in [0.15, 0.2) is 12.1 Å². The van der Waals surface area contributed by atoms with E-state index in [2.05, 4.69) is 24.1 Å². The van der Waals surface area contributed by atoms with Crippen molar-refractivity contribution < 1.29 is 19.0 Å². The summed E-state index contributed by atoms with van der Waals surface area (Å²) in [6.45, 7) is 9.32. The molecule has 7 heteroatoms. The van der Waals surface area contributed by atoms with E-state index in [0.29, 0.717) is 54.4 Å². The summed E-state index contributed by atoms with van der Waals surface area (Å²) in [4.78, 5) is 14.8.